The van der Waals surface area contributed by atoms with E-state index in [1.165, 1.54) is 37.4 Å². The summed E-state index contributed by atoms with van der Waals surface area (Å²) in [5.41, 5.74) is 1.50. The van der Waals surface area contributed by atoms with Crippen molar-refractivity contribution in [2.75, 3.05) is 5.32 Å². The van der Waals surface area contributed by atoms with Gasteiger partial charge in [0.05, 0.1) is 26.8 Å². The Hall–Kier alpha value is -2.88. The summed E-state index contributed by atoms with van der Waals surface area (Å²) in [5, 5.41) is 13.1. The molecule has 0 unspecified atom stereocenters. The van der Waals surface area contributed by atoms with Crippen molar-refractivity contribution in [2.24, 2.45) is 0 Å². The Morgan fingerprint density at radius 2 is 2.04 bits per heavy atom. The number of benzene rings is 2. The number of carbonyl (C=O) groups excluding carboxylic acids is 1. The summed E-state index contributed by atoms with van der Waals surface area (Å²) in [6, 6.07) is 9.11. The van der Waals surface area contributed by atoms with Gasteiger partial charge in [-0.2, -0.15) is 5.26 Å². The van der Waals surface area contributed by atoms with Crippen LogP contribution in [0.3, 0.4) is 0 Å². The quantitative estimate of drug-likeness (QED) is 0.490. The molecule has 0 atom stereocenters. The minimum atomic E-state index is -0.558. The monoisotopic (exact) mass is 389 g/mol. The lowest BCUT2D eigenvalue weighted by molar-refractivity contribution is -0.131. The average molecular weight is 390 g/mol. The molecule has 3 aromatic rings. The Morgan fingerprint density at radius 1 is 1.27 bits per heavy atom. The maximum atomic E-state index is 13.4. The Morgan fingerprint density at radius 3 is 2.69 bits per heavy atom. The molecule has 0 amide bonds. The number of fused-ring (bicyclic) bond motifs is 1. The van der Waals surface area contributed by atoms with Gasteiger partial charge in [0.25, 0.3) is 0 Å². The van der Waals surface area contributed by atoms with Crippen molar-refractivity contribution < 1.29 is 13.9 Å². The van der Waals surface area contributed by atoms with Gasteiger partial charge in [0.2, 0.25) is 0 Å². The van der Waals surface area contributed by atoms with E-state index in [9.17, 15) is 14.4 Å². The Bertz CT molecular complexity index is 1080. The maximum absolute atomic E-state index is 13.4. The molecule has 0 fully saturated rings. The molecule has 8 heteroatoms. The second kappa shape index (κ2) is 7.16. The molecular weight excluding hydrogens is 380 g/mol. The van der Waals surface area contributed by atoms with Crippen LogP contribution in [0.25, 0.3) is 10.9 Å². The number of hydrogen-bond acceptors (Lipinski definition) is 5. The molecule has 130 valence electrons. The summed E-state index contributed by atoms with van der Waals surface area (Å²) in [6.07, 6.45) is 1.37. The summed E-state index contributed by atoms with van der Waals surface area (Å²) in [7, 11) is 0. The molecule has 0 aliphatic heterocycles. The molecule has 0 radical (unpaired) electrons. The number of nitriles is 1. The molecule has 5 nitrogen and oxygen atoms in total. The van der Waals surface area contributed by atoms with Crippen LogP contribution in [0.4, 0.5) is 15.8 Å². The van der Waals surface area contributed by atoms with E-state index < -0.39 is 11.8 Å². The zero-order chi connectivity index (χ0) is 18.8. The highest BCUT2D eigenvalue weighted by molar-refractivity contribution is 6.35. The van der Waals surface area contributed by atoms with Crippen LogP contribution in [-0.2, 0) is 4.79 Å². The van der Waals surface area contributed by atoms with Gasteiger partial charge in [0.1, 0.15) is 17.6 Å². The molecule has 3 rings (SSSR count). The summed E-state index contributed by atoms with van der Waals surface area (Å²) >= 11 is 12.0. The average Bonchev–Trinajstić information content (AvgIpc) is 2.58. The number of esters is 1. The Labute approximate surface area is 157 Å². The van der Waals surface area contributed by atoms with Gasteiger partial charge in [-0.15, -0.1) is 0 Å². The minimum Gasteiger partial charge on any atom is -0.427 e. The second-order valence-electron chi connectivity index (χ2n) is 5.31. The standard InChI is InChI=1S/C18H10Cl2FN3O2/c1-9(25)26-12-5-13-17(24-11-2-3-16(21)14(19)4-11)10(7-22)8-23-18(13)15(20)6-12/h2-6,8H,1H3,(H,23,24). The number of anilines is 2. The number of rotatable bonds is 3. The van der Waals surface area contributed by atoms with Crippen LogP contribution in [0.2, 0.25) is 10.0 Å². The number of nitrogens with one attached hydrogen (secondary N) is 1. The number of nitrogens with zero attached hydrogens (tertiary/aromatic N) is 2. The number of hydrogen-bond donors (Lipinski definition) is 1. The van der Waals surface area contributed by atoms with Crippen molar-refractivity contribution in [3.8, 4) is 11.8 Å². The fourth-order valence-electron chi connectivity index (χ4n) is 2.40. The second-order valence-corrected chi connectivity index (χ2v) is 6.12. The van der Waals surface area contributed by atoms with Crippen LogP contribution in [0.5, 0.6) is 5.75 Å². The lowest BCUT2D eigenvalue weighted by Crippen LogP contribution is -2.02. The van der Waals surface area contributed by atoms with Crippen LogP contribution >= 0.6 is 23.2 Å². The highest BCUT2D eigenvalue weighted by atomic mass is 35.5. The third kappa shape index (κ3) is 3.54. The summed E-state index contributed by atoms with van der Waals surface area (Å²) < 4.78 is 18.5. The molecular formula is C18H10Cl2FN3O2. The van der Waals surface area contributed by atoms with Crippen LogP contribution in [0.1, 0.15) is 12.5 Å². The first-order chi connectivity index (χ1) is 12.4. The first-order valence-electron chi connectivity index (χ1n) is 7.32. The van der Waals surface area contributed by atoms with Gasteiger partial charge in [-0.25, -0.2) is 4.39 Å². The topological polar surface area (TPSA) is 75.0 Å². The first kappa shape index (κ1) is 17.9. The first-order valence-corrected chi connectivity index (χ1v) is 8.07. The normalized spacial score (nSPS) is 10.4. The summed E-state index contributed by atoms with van der Waals surface area (Å²) in [5.74, 6) is -0.853. The molecule has 1 aromatic heterocycles. The fourth-order valence-corrected chi connectivity index (χ4v) is 2.84. The molecule has 0 saturated heterocycles. The van der Waals surface area contributed by atoms with E-state index in [0.29, 0.717) is 22.3 Å². The predicted octanol–water partition coefficient (Wildman–Crippen LogP) is 5.22. The van der Waals surface area contributed by atoms with Crippen molar-refractivity contribution in [3.63, 3.8) is 0 Å². The van der Waals surface area contributed by atoms with Gasteiger partial charge in [0.15, 0.2) is 0 Å². The molecule has 0 aliphatic rings. The van der Waals surface area contributed by atoms with Crippen molar-refractivity contribution in [1.29, 1.82) is 5.26 Å². The van der Waals surface area contributed by atoms with Gasteiger partial charge in [-0.05, 0) is 24.3 Å². The molecule has 0 spiro atoms. The van der Waals surface area contributed by atoms with E-state index in [4.69, 9.17) is 27.9 Å². The number of ether oxygens (including phenoxy) is 1. The van der Waals surface area contributed by atoms with Gasteiger partial charge in [-0.1, -0.05) is 23.2 Å². The summed E-state index contributed by atoms with van der Waals surface area (Å²) in [6.45, 7) is 1.27. The number of halogens is 3. The van der Waals surface area contributed by atoms with E-state index >= 15 is 0 Å². The van der Waals surface area contributed by atoms with Gasteiger partial charge < -0.3 is 10.1 Å². The Kier molecular flexibility index (Phi) is 4.94. The van der Waals surface area contributed by atoms with Crippen LogP contribution in [0.15, 0.2) is 36.5 Å². The molecule has 0 saturated carbocycles. The summed E-state index contributed by atoms with van der Waals surface area (Å²) in [4.78, 5) is 15.4. The highest BCUT2D eigenvalue weighted by Gasteiger charge is 2.15. The largest absolute Gasteiger partial charge is 0.427 e. The van der Waals surface area contributed by atoms with E-state index in [2.05, 4.69) is 10.3 Å². The number of aromatic nitrogens is 1. The lowest BCUT2D eigenvalue weighted by Gasteiger charge is -2.13. The van der Waals surface area contributed by atoms with Crippen LogP contribution in [0, 0.1) is 17.1 Å². The van der Waals surface area contributed by atoms with Gasteiger partial charge in [0, 0.05) is 30.3 Å². The fraction of sp³-hybridized carbons (Fsp3) is 0.0556. The predicted molar refractivity (Wildman–Crippen MR) is 97.5 cm³/mol. The van der Waals surface area contributed by atoms with Crippen molar-refractivity contribution in [1.82, 2.24) is 4.98 Å². The number of pyridine rings is 1. The van der Waals surface area contributed by atoms with E-state index in [1.54, 1.807) is 6.07 Å². The van der Waals surface area contributed by atoms with Crippen molar-refractivity contribution in [3.05, 3.63) is 58.0 Å². The number of carbonyl (C=O) groups is 1. The molecule has 2 aromatic carbocycles. The SMILES string of the molecule is CC(=O)Oc1cc(Cl)c2ncc(C#N)c(Nc3ccc(F)c(Cl)c3)c2c1. The van der Waals surface area contributed by atoms with Gasteiger partial charge >= 0.3 is 5.97 Å². The zero-order valence-electron chi connectivity index (χ0n) is 13.3. The van der Waals surface area contributed by atoms with Crippen molar-refractivity contribution >= 4 is 51.4 Å². The highest BCUT2D eigenvalue weighted by Crippen LogP contribution is 2.36. The zero-order valence-corrected chi connectivity index (χ0v) is 14.8. The van der Waals surface area contributed by atoms with E-state index in [1.807, 2.05) is 6.07 Å². The van der Waals surface area contributed by atoms with E-state index in [0.717, 1.165) is 0 Å². The molecule has 1 heterocycles. The third-order valence-corrected chi connectivity index (χ3v) is 4.05. The van der Waals surface area contributed by atoms with Crippen molar-refractivity contribution in [2.45, 2.75) is 6.92 Å². The lowest BCUT2D eigenvalue weighted by atomic mass is 10.1. The molecule has 0 bridgehead atoms. The smallest absolute Gasteiger partial charge is 0.308 e. The molecule has 0 aliphatic carbocycles. The van der Waals surface area contributed by atoms with Gasteiger partial charge in [-0.3, -0.25) is 9.78 Å². The Balaban J connectivity index is 2.20. The van der Waals surface area contributed by atoms with Crippen LogP contribution in [-0.4, -0.2) is 11.0 Å². The minimum absolute atomic E-state index is 0.0643. The molecule has 26 heavy (non-hydrogen) atoms. The molecule has 1 N–H and O–H groups in total. The van der Waals surface area contributed by atoms with E-state index in [-0.39, 0.29) is 21.4 Å². The third-order valence-electron chi connectivity index (χ3n) is 3.47. The maximum Gasteiger partial charge on any atom is 0.308 e. The van der Waals surface area contributed by atoms with Crippen LogP contribution < -0.4 is 10.1 Å².